The number of rotatable bonds is 2. The number of isocyanates is 1. The van der Waals surface area contributed by atoms with Gasteiger partial charge < -0.3 is 5.11 Å². The fourth-order valence-electron chi connectivity index (χ4n) is 2.40. The van der Waals surface area contributed by atoms with Crippen LogP contribution in [-0.4, -0.2) is 16.8 Å². The quantitative estimate of drug-likeness (QED) is 0.634. The monoisotopic (exact) mass is 237 g/mol. The van der Waals surface area contributed by atoms with E-state index >= 15 is 0 Å². The van der Waals surface area contributed by atoms with E-state index in [9.17, 15) is 9.90 Å². The molecule has 1 aliphatic carbocycles. The van der Waals surface area contributed by atoms with Crippen molar-refractivity contribution in [3.05, 3.63) is 34.9 Å². The number of nitrogens with zero attached hydrogens (tertiary/aromatic N) is 1. The molecule has 1 aromatic carbocycles. The molecule has 1 saturated carbocycles. The first-order valence-electron chi connectivity index (χ1n) is 5.05. The second-order valence-electron chi connectivity index (χ2n) is 4.59. The summed E-state index contributed by atoms with van der Waals surface area (Å²) in [6.45, 7) is 1.74. The number of hydrogen-bond donors (Lipinski definition) is 1. The predicted molar refractivity (Wildman–Crippen MR) is 61.1 cm³/mol. The normalized spacial score (nSPS) is 32.7. The van der Waals surface area contributed by atoms with E-state index in [1.807, 2.05) is 12.1 Å². The van der Waals surface area contributed by atoms with Gasteiger partial charge in [-0.3, -0.25) is 0 Å². The first-order valence-corrected chi connectivity index (χ1v) is 5.43. The SMILES string of the molecule is CC1(O)CC(N=C=O)(c2ccc(Cl)cc2)C1. The zero-order valence-corrected chi connectivity index (χ0v) is 9.66. The molecule has 0 radical (unpaired) electrons. The summed E-state index contributed by atoms with van der Waals surface area (Å²) in [5.74, 6) is 0. The van der Waals surface area contributed by atoms with Gasteiger partial charge in [-0.05, 0) is 24.6 Å². The number of benzene rings is 1. The minimum atomic E-state index is -0.750. The zero-order valence-electron chi connectivity index (χ0n) is 8.90. The first kappa shape index (κ1) is 11.3. The van der Waals surface area contributed by atoms with Crippen molar-refractivity contribution in [2.24, 2.45) is 4.99 Å². The lowest BCUT2D eigenvalue weighted by Gasteiger charge is -2.48. The summed E-state index contributed by atoms with van der Waals surface area (Å²) in [4.78, 5) is 14.3. The molecular weight excluding hydrogens is 226 g/mol. The fraction of sp³-hybridized carbons (Fsp3) is 0.417. The van der Waals surface area contributed by atoms with E-state index in [0.717, 1.165) is 5.56 Å². The lowest BCUT2D eigenvalue weighted by atomic mass is 9.63. The highest BCUT2D eigenvalue weighted by molar-refractivity contribution is 6.30. The average Bonchev–Trinajstić information content (AvgIpc) is 2.16. The van der Waals surface area contributed by atoms with Gasteiger partial charge in [0.2, 0.25) is 6.08 Å². The Kier molecular flexibility index (Phi) is 2.62. The Balaban J connectivity index is 2.35. The molecule has 0 heterocycles. The van der Waals surface area contributed by atoms with E-state index in [0.29, 0.717) is 17.9 Å². The van der Waals surface area contributed by atoms with Gasteiger partial charge in [0, 0.05) is 17.9 Å². The molecule has 0 unspecified atom stereocenters. The molecule has 0 aromatic heterocycles. The Morgan fingerprint density at radius 2 is 1.94 bits per heavy atom. The molecule has 0 amide bonds. The predicted octanol–water partition coefficient (Wildman–Crippen LogP) is 2.42. The maximum atomic E-state index is 10.5. The third-order valence-electron chi connectivity index (χ3n) is 2.99. The van der Waals surface area contributed by atoms with Crippen molar-refractivity contribution in [2.45, 2.75) is 30.9 Å². The van der Waals surface area contributed by atoms with Crippen molar-refractivity contribution < 1.29 is 9.90 Å². The van der Waals surface area contributed by atoms with Crippen LogP contribution in [0.1, 0.15) is 25.3 Å². The van der Waals surface area contributed by atoms with Crippen molar-refractivity contribution >= 4 is 17.7 Å². The van der Waals surface area contributed by atoms with Crippen molar-refractivity contribution in [3.8, 4) is 0 Å². The van der Waals surface area contributed by atoms with E-state index in [1.165, 1.54) is 0 Å². The van der Waals surface area contributed by atoms with Gasteiger partial charge >= 0.3 is 0 Å². The minimum Gasteiger partial charge on any atom is -0.390 e. The molecule has 0 saturated heterocycles. The Bertz CT molecular complexity index is 439. The number of aliphatic hydroxyl groups is 1. The molecule has 1 N–H and O–H groups in total. The van der Waals surface area contributed by atoms with E-state index in [-0.39, 0.29) is 0 Å². The molecule has 4 heteroatoms. The number of aliphatic imine (C=N–C) groups is 1. The lowest BCUT2D eigenvalue weighted by Crippen LogP contribution is -2.51. The van der Waals surface area contributed by atoms with Gasteiger partial charge in [-0.15, -0.1) is 0 Å². The zero-order chi connectivity index (χ0) is 11.8. The van der Waals surface area contributed by atoms with Crippen LogP contribution in [0.5, 0.6) is 0 Å². The summed E-state index contributed by atoms with van der Waals surface area (Å²) in [6.07, 6.45) is 2.47. The third kappa shape index (κ3) is 1.90. The summed E-state index contributed by atoms with van der Waals surface area (Å²) in [6, 6.07) is 7.18. The van der Waals surface area contributed by atoms with Crippen molar-refractivity contribution in [3.63, 3.8) is 0 Å². The van der Waals surface area contributed by atoms with Crippen LogP contribution >= 0.6 is 11.6 Å². The Morgan fingerprint density at radius 1 is 1.38 bits per heavy atom. The second kappa shape index (κ2) is 3.70. The second-order valence-corrected chi connectivity index (χ2v) is 5.03. The van der Waals surface area contributed by atoms with Gasteiger partial charge in [0.1, 0.15) is 5.54 Å². The van der Waals surface area contributed by atoms with Gasteiger partial charge in [0.25, 0.3) is 0 Å². The van der Waals surface area contributed by atoms with Crippen LogP contribution in [0.4, 0.5) is 0 Å². The van der Waals surface area contributed by atoms with Gasteiger partial charge in [0.05, 0.1) is 5.60 Å². The number of carbonyl (C=O) groups excluding carboxylic acids is 1. The highest BCUT2D eigenvalue weighted by Crippen LogP contribution is 2.51. The lowest BCUT2D eigenvalue weighted by molar-refractivity contribution is -0.0727. The van der Waals surface area contributed by atoms with E-state index in [2.05, 4.69) is 4.99 Å². The highest BCUT2D eigenvalue weighted by Gasteiger charge is 2.52. The first-order chi connectivity index (χ1) is 7.47. The molecule has 16 heavy (non-hydrogen) atoms. The highest BCUT2D eigenvalue weighted by atomic mass is 35.5. The molecule has 0 aliphatic heterocycles. The van der Waals surface area contributed by atoms with Crippen LogP contribution in [-0.2, 0) is 10.3 Å². The van der Waals surface area contributed by atoms with Crippen LogP contribution in [0.2, 0.25) is 5.02 Å². The number of hydrogen-bond acceptors (Lipinski definition) is 3. The molecule has 0 bridgehead atoms. The third-order valence-corrected chi connectivity index (χ3v) is 3.24. The molecule has 0 atom stereocenters. The summed E-state index contributed by atoms with van der Waals surface area (Å²) in [7, 11) is 0. The molecule has 3 nitrogen and oxygen atoms in total. The topological polar surface area (TPSA) is 49.7 Å². The smallest absolute Gasteiger partial charge is 0.235 e. The molecule has 1 fully saturated rings. The van der Waals surface area contributed by atoms with E-state index in [4.69, 9.17) is 11.6 Å². The fourth-order valence-corrected chi connectivity index (χ4v) is 2.53. The van der Waals surface area contributed by atoms with Crippen LogP contribution in [0.25, 0.3) is 0 Å². The van der Waals surface area contributed by atoms with Crippen LogP contribution in [0, 0.1) is 0 Å². The molecule has 1 aliphatic rings. The number of halogens is 1. The minimum absolute atomic E-state index is 0.441. The van der Waals surface area contributed by atoms with Crippen molar-refractivity contribution in [1.82, 2.24) is 0 Å². The van der Waals surface area contributed by atoms with Gasteiger partial charge in [-0.1, -0.05) is 23.7 Å². The Labute approximate surface area is 98.8 Å². The van der Waals surface area contributed by atoms with Gasteiger partial charge in [-0.2, -0.15) is 4.99 Å². The van der Waals surface area contributed by atoms with Gasteiger partial charge in [-0.25, -0.2) is 4.79 Å². The maximum Gasteiger partial charge on any atom is 0.235 e. The van der Waals surface area contributed by atoms with Crippen molar-refractivity contribution in [2.75, 3.05) is 0 Å². The Morgan fingerprint density at radius 3 is 2.38 bits per heavy atom. The van der Waals surface area contributed by atoms with Crippen LogP contribution in [0.3, 0.4) is 0 Å². The Hall–Kier alpha value is -1.15. The maximum absolute atomic E-state index is 10.5. The van der Waals surface area contributed by atoms with Crippen LogP contribution in [0.15, 0.2) is 29.3 Å². The summed E-state index contributed by atoms with van der Waals surface area (Å²) >= 11 is 5.80. The molecule has 1 aromatic rings. The standard InChI is InChI=1S/C12H12ClNO2/c1-11(16)6-12(7-11,14-8-15)9-2-4-10(13)5-3-9/h2-5,16H,6-7H2,1H3. The summed E-state index contributed by atoms with van der Waals surface area (Å²) < 4.78 is 0. The van der Waals surface area contributed by atoms with E-state index in [1.54, 1.807) is 25.1 Å². The summed E-state index contributed by atoms with van der Waals surface area (Å²) in [5.41, 5.74) is -0.470. The molecule has 0 spiro atoms. The summed E-state index contributed by atoms with van der Waals surface area (Å²) in [5, 5.41) is 10.4. The molecule has 84 valence electrons. The largest absolute Gasteiger partial charge is 0.390 e. The molecular formula is C12H12ClNO2. The van der Waals surface area contributed by atoms with Crippen LogP contribution < -0.4 is 0 Å². The van der Waals surface area contributed by atoms with Crippen molar-refractivity contribution in [1.29, 1.82) is 0 Å². The molecule has 2 rings (SSSR count). The average molecular weight is 238 g/mol. The van der Waals surface area contributed by atoms with Gasteiger partial charge in [0.15, 0.2) is 0 Å². The van der Waals surface area contributed by atoms with E-state index < -0.39 is 11.1 Å².